The van der Waals surface area contributed by atoms with Gasteiger partial charge < -0.3 is 14.8 Å². The van der Waals surface area contributed by atoms with E-state index in [-0.39, 0.29) is 18.1 Å². The quantitative estimate of drug-likeness (QED) is 0.487. The van der Waals surface area contributed by atoms with Crippen LogP contribution in [0.5, 0.6) is 11.5 Å². The number of nitrogens with one attached hydrogen (secondary N) is 1. The molecule has 168 valence electrons. The van der Waals surface area contributed by atoms with E-state index in [1.807, 2.05) is 43.3 Å². The molecule has 1 atom stereocenters. The number of aryl methyl sites for hydroxylation is 1. The van der Waals surface area contributed by atoms with Crippen molar-refractivity contribution >= 4 is 16.9 Å². The number of benzene rings is 2. The predicted molar refractivity (Wildman–Crippen MR) is 121 cm³/mol. The number of para-hydroxylation sites is 2. The van der Waals surface area contributed by atoms with E-state index >= 15 is 0 Å². The van der Waals surface area contributed by atoms with Gasteiger partial charge in [0.2, 0.25) is 6.10 Å². The fourth-order valence-electron chi connectivity index (χ4n) is 3.71. The summed E-state index contributed by atoms with van der Waals surface area (Å²) < 4.78 is 14.5. The van der Waals surface area contributed by atoms with Gasteiger partial charge in [-0.25, -0.2) is 9.67 Å². The summed E-state index contributed by atoms with van der Waals surface area (Å²) >= 11 is 0. The number of hydrogen-bond donors (Lipinski definition) is 1. The highest BCUT2D eigenvalue weighted by molar-refractivity contribution is 5.81. The number of carbonyl (C=O) groups excluding carboxylic acids is 1. The zero-order valence-corrected chi connectivity index (χ0v) is 18.1. The summed E-state index contributed by atoms with van der Waals surface area (Å²) in [5, 5.41) is 7.56. The van der Waals surface area contributed by atoms with Crippen LogP contribution in [0.25, 0.3) is 11.0 Å². The molecule has 1 unspecified atom stereocenters. The molecule has 5 rings (SSSR count). The predicted octanol–water partition coefficient (Wildman–Crippen LogP) is 1.91. The van der Waals surface area contributed by atoms with Crippen molar-refractivity contribution in [1.82, 2.24) is 24.6 Å². The molecule has 9 nitrogen and oxygen atoms in total. The van der Waals surface area contributed by atoms with Crippen molar-refractivity contribution in [3.63, 3.8) is 0 Å². The van der Waals surface area contributed by atoms with Crippen LogP contribution in [-0.4, -0.2) is 44.5 Å². The van der Waals surface area contributed by atoms with Gasteiger partial charge in [0.1, 0.15) is 18.3 Å². The molecule has 9 heteroatoms. The summed E-state index contributed by atoms with van der Waals surface area (Å²) in [7, 11) is 0. The van der Waals surface area contributed by atoms with Crippen molar-refractivity contribution in [2.24, 2.45) is 0 Å². The number of fused-ring (bicyclic) bond motifs is 2. The molecule has 3 heterocycles. The van der Waals surface area contributed by atoms with Crippen LogP contribution in [0.15, 0.2) is 65.8 Å². The Labute approximate surface area is 189 Å². The number of carbonyl (C=O) groups is 1. The fraction of sp³-hybridized carbons (Fsp3) is 0.250. The average molecular weight is 445 g/mol. The third-order valence-corrected chi connectivity index (χ3v) is 5.52. The van der Waals surface area contributed by atoms with Crippen LogP contribution < -0.4 is 20.3 Å². The summed E-state index contributed by atoms with van der Waals surface area (Å²) in [6, 6.07) is 15.3. The average Bonchev–Trinajstić information content (AvgIpc) is 3.25. The van der Waals surface area contributed by atoms with Crippen molar-refractivity contribution in [3.8, 4) is 11.5 Å². The van der Waals surface area contributed by atoms with Gasteiger partial charge in [-0.3, -0.25) is 14.2 Å². The third kappa shape index (κ3) is 4.30. The first-order valence-electron chi connectivity index (χ1n) is 10.7. The van der Waals surface area contributed by atoms with Gasteiger partial charge in [-0.2, -0.15) is 5.10 Å². The van der Waals surface area contributed by atoms with Gasteiger partial charge in [-0.1, -0.05) is 42.0 Å². The highest BCUT2D eigenvalue weighted by atomic mass is 16.6. The molecule has 0 spiro atoms. The standard InChI is InChI=1S/C24H23N5O4/c1-16-6-8-17(9-7-16)13-28-15-26-22-18(24(28)31)12-27-29(22)11-10-25-23(30)21-14-32-19-4-2-3-5-20(19)33-21/h2-9,12,15,21H,10-11,13-14H2,1H3,(H,25,30). The molecule has 33 heavy (non-hydrogen) atoms. The SMILES string of the molecule is Cc1ccc(Cn2cnc3c(cnn3CCNC(=O)C3COc4ccccc4O3)c2=O)cc1. The van der Waals surface area contributed by atoms with E-state index in [1.54, 1.807) is 21.4 Å². The lowest BCUT2D eigenvalue weighted by atomic mass is 10.1. The molecule has 4 aromatic rings. The topological polar surface area (TPSA) is 100 Å². The Hall–Kier alpha value is -4.14. The van der Waals surface area contributed by atoms with E-state index in [9.17, 15) is 9.59 Å². The Balaban J connectivity index is 1.22. The van der Waals surface area contributed by atoms with Crippen LogP contribution in [0.2, 0.25) is 0 Å². The van der Waals surface area contributed by atoms with Gasteiger partial charge >= 0.3 is 0 Å². The molecule has 0 radical (unpaired) electrons. The number of nitrogens with zero attached hydrogens (tertiary/aromatic N) is 4. The minimum Gasteiger partial charge on any atom is -0.485 e. The van der Waals surface area contributed by atoms with E-state index < -0.39 is 6.10 Å². The molecule has 0 fully saturated rings. The molecule has 1 amide bonds. The van der Waals surface area contributed by atoms with E-state index in [4.69, 9.17) is 9.47 Å². The Morgan fingerprint density at radius 3 is 2.76 bits per heavy atom. The minimum atomic E-state index is -0.721. The first-order chi connectivity index (χ1) is 16.1. The number of ether oxygens (including phenoxy) is 2. The van der Waals surface area contributed by atoms with Gasteiger partial charge in [0.25, 0.3) is 11.5 Å². The minimum absolute atomic E-state index is 0.148. The van der Waals surface area contributed by atoms with Crippen molar-refractivity contribution in [2.75, 3.05) is 13.2 Å². The second kappa shape index (κ2) is 8.78. The molecule has 1 N–H and O–H groups in total. The summed E-state index contributed by atoms with van der Waals surface area (Å²) in [6.45, 7) is 3.29. The normalized spacial score (nSPS) is 14.9. The maximum atomic E-state index is 12.9. The van der Waals surface area contributed by atoms with E-state index in [0.717, 1.165) is 5.56 Å². The number of aromatic nitrogens is 4. The van der Waals surface area contributed by atoms with Gasteiger partial charge in [0, 0.05) is 6.54 Å². The van der Waals surface area contributed by atoms with Crippen LogP contribution in [0.3, 0.4) is 0 Å². The van der Waals surface area contributed by atoms with Crippen LogP contribution in [-0.2, 0) is 17.9 Å². The zero-order chi connectivity index (χ0) is 22.8. The first-order valence-corrected chi connectivity index (χ1v) is 10.7. The lowest BCUT2D eigenvalue weighted by molar-refractivity contribution is -0.130. The number of amides is 1. The lowest BCUT2D eigenvalue weighted by Crippen LogP contribution is -2.44. The molecule has 2 aromatic heterocycles. The van der Waals surface area contributed by atoms with Gasteiger partial charge in [0.15, 0.2) is 17.1 Å². The van der Waals surface area contributed by atoms with Crippen LogP contribution in [0.1, 0.15) is 11.1 Å². The lowest BCUT2D eigenvalue weighted by Gasteiger charge is -2.25. The van der Waals surface area contributed by atoms with Gasteiger partial charge in [-0.05, 0) is 24.6 Å². The summed E-state index contributed by atoms with van der Waals surface area (Å²) in [4.78, 5) is 29.8. The Bertz CT molecular complexity index is 1360. The monoisotopic (exact) mass is 445 g/mol. The second-order valence-electron chi connectivity index (χ2n) is 7.92. The van der Waals surface area contributed by atoms with Crippen LogP contribution in [0, 0.1) is 6.92 Å². The molecule has 0 saturated carbocycles. The Morgan fingerprint density at radius 1 is 1.15 bits per heavy atom. The maximum Gasteiger partial charge on any atom is 0.264 e. The van der Waals surface area contributed by atoms with Crippen molar-refractivity contribution in [2.45, 2.75) is 26.1 Å². The Kier molecular flexibility index (Phi) is 5.52. The fourth-order valence-corrected chi connectivity index (χ4v) is 3.71. The molecule has 1 aliphatic heterocycles. The highest BCUT2D eigenvalue weighted by Crippen LogP contribution is 2.30. The van der Waals surface area contributed by atoms with Crippen molar-refractivity contribution in [1.29, 1.82) is 0 Å². The number of hydrogen-bond acceptors (Lipinski definition) is 6. The Morgan fingerprint density at radius 2 is 1.94 bits per heavy atom. The van der Waals surface area contributed by atoms with Crippen LogP contribution in [0.4, 0.5) is 0 Å². The molecular formula is C24H23N5O4. The zero-order valence-electron chi connectivity index (χ0n) is 18.1. The van der Waals surface area contributed by atoms with Gasteiger partial charge in [-0.15, -0.1) is 0 Å². The molecule has 0 bridgehead atoms. The molecule has 0 aliphatic carbocycles. The highest BCUT2D eigenvalue weighted by Gasteiger charge is 2.27. The molecule has 2 aromatic carbocycles. The maximum absolute atomic E-state index is 12.9. The largest absolute Gasteiger partial charge is 0.485 e. The second-order valence-corrected chi connectivity index (χ2v) is 7.92. The molecular weight excluding hydrogens is 422 g/mol. The third-order valence-electron chi connectivity index (χ3n) is 5.52. The summed E-state index contributed by atoms with van der Waals surface area (Å²) in [5.41, 5.74) is 2.53. The van der Waals surface area contributed by atoms with E-state index in [1.165, 1.54) is 18.1 Å². The van der Waals surface area contributed by atoms with E-state index in [2.05, 4.69) is 15.4 Å². The summed E-state index contributed by atoms with van der Waals surface area (Å²) in [5.74, 6) is 0.908. The smallest absolute Gasteiger partial charge is 0.264 e. The number of rotatable bonds is 6. The first kappa shape index (κ1) is 20.7. The molecule has 1 aliphatic rings. The van der Waals surface area contributed by atoms with Crippen LogP contribution >= 0.6 is 0 Å². The summed E-state index contributed by atoms with van der Waals surface area (Å²) in [6.07, 6.45) is 2.33. The molecule has 0 saturated heterocycles. The van der Waals surface area contributed by atoms with E-state index in [0.29, 0.717) is 42.2 Å². The van der Waals surface area contributed by atoms with Gasteiger partial charge in [0.05, 0.1) is 19.3 Å². The van der Waals surface area contributed by atoms with Crippen molar-refractivity contribution < 1.29 is 14.3 Å². The van der Waals surface area contributed by atoms with Crippen molar-refractivity contribution in [3.05, 3.63) is 82.5 Å².